The summed E-state index contributed by atoms with van der Waals surface area (Å²) in [5.74, 6) is 0.922. The summed E-state index contributed by atoms with van der Waals surface area (Å²) >= 11 is 6.01. The highest BCUT2D eigenvalue weighted by Crippen LogP contribution is 2.20. The van der Waals surface area contributed by atoms with Crippen LogP contribution in [0.5, 0.6) is 0 Å². The lowest BCUT2D eigenvalue weighted by molar-refractivity contribution is 1.05. The summed E-state index contributed by atoms with van der Waals surface area (Å²) < 4.78 is 0. The van der Waals surface area contributed by atoms with Gasteiger partial charge in [-0.3, -0.25) is 0 Å². The Hall–Kier alpha value is -1.48. The van der Waals surface area contributed by atoms with Crippen LogP contribution in [0, 0.1) is 6.92 Å². The Bertz CT molecular complexity index is 451. The van der Waals surface area contributed by atoms with Gasteiger partial charge >= 0.3 is 0 Å². The SMILES string of the molecule is Cc1ncc(CNc2ccccc2Cl)[nH]1. The highest BCUT2D eigenvalue weighted by molar-refractivity contribution is 6.33. The van der Waals surface area contributed by atoms with Crippen LogP contribution in [0.15, 0.2) is 30.5 Å². The maximum atomic E-state index is 6.01. The molecule has 0 saturated carbocycles. The number of para-hydroxylation sites is 1. The molecule has 2 rings (SSSR count). The van der Waals surface area contributed by atoms with Gasteiger partial charge in [0.2, 0.25) is 0 Å². The van der Waals surface area contributed by atoms with Crippen molar-refractivity contribution in [1.82, 2.24) is 9.97 Å². The number of hydrogen-bond donors (Lipinski definition) is 2. The van der Waals surface area contributed by atoms with Crippen LogP contribution >= 0.6 is 11.6 Å². The first-order valence-corrected chi connectivity index (χ1v) is 5.12. The van der Waals surface area contributed by atoms with E-state index in [1.165, 1.54) is 0 Å². The first kappa shape index (κ1) is 10.1. The number of aromatic amines is 1. The minimum atomic E-state index is 0.699. The molecule has 0 aliphatic rings. The monoisotopic (exact) mass is 221 g/mol. The number of benzene rings is 1. The molecule has 1 aromatic carbocycles. The Balaban J connectivity index is 2.02. The molecule has 15 heavy (non-hydrogen) atoms. The van der Waals surface area contributed by atoms with Crippen molar-refractivity contribution in [3.05, 3.63) is 47.0 Å². The first-order chi connectivity index (χ1) is 7.25. The van der Waals surface area contributed by atoms with Crippen molar-refractivity contribution in [3.8, 4) is 0 Å². The van der Waals surface area contributed by atoms with Crippen molar-refractivity contribution >= 4 is 17.3 Å². The third-order valence-corrected chi connectivity index (χ3v) is 2.43. The number of halogens is 1. The minimum absolute atomic E-state index is 0.699. The summed E-state index contributed by atoms with van der Waals surface area (Å²) in [4.78, 5) is 7.27. The van der Waals surface area contributed by atoms with Gasteiger partial charge in [0.25, 0.3) is 0 Å². The van der Waals surface area contributed by atoms with Gasteiger partial charge in [0.1, 0.15) is 5.82 Å². The van der Waals surface area contributed by atoms with Crippen molar-refractivity contribution in [2.75, 3.05) is 5.32 Å². The maximum Gasteiger partial charge on any atom is 0.103 e. The van der Waals surface area contributed by atoms with E-state index >= 15 is 0 Å². The van der Waals surface area contributed by atoms with Gasteiger partial charge in [0.15, 0.2) is 0 Å². The van der Waals surface area contributed by atoms with Crippen LogP contribution in [0.4, 0.5) is 5.69 Å². The third kappa shape index (κ3) is 2.50. The predicted octanol–water partition coefficient (Wildman–Crippen LogP) is 2.98. The summed E-state index contributed by atoms with van der Waals surface area (Å²) in [5, 5.41) is 3.97. The fourth-order valence-corrected chi connectivity index (χ4v) is 1.56. The molecule has 0 bridgehead atoms. The quantitative estimate of drug-likeness (QED) is 0.837. The number of hydrogen-bond acceptors (Lipinski definition) is 2. The number of nitrogens with zero attached hydrogens (tertiary/aromatic N) is 1. The minimum Gasteiger partial charge on any atom is -0.378 e. The molecular formula is C11H12ClN3. The summed E-state index contributed by atoms with van der Waals surface area (Å²) in [6.45, 7) is 2.63. The smallest absolute Gasteiger partial charge is 0.103 e. The molecule has 0 saturated heterocycles. The molecule has 0 spiro atoms. The van der Waals surface area contributed by atoms with Gasteiger partial charge in [-0.05, 0) is 19.1 Å². The van der Waals surface area contributed by atoms with E-state index in [0.29, 0.717) is 6.54 Å². The predicted molar refractivity (Wildman–Crippen MR) is 62.1 cm³/mol. The van der Waals surface area contributed by atoms with E-state index in [0.717, 1.165) is 22.2 Å². The second kappa shape index (κ2) is 4.36. The zero-order valence-electron chi connectivity index (χ0n) is 8.42. The van der Waals surface area contributed by atoms with Crippen LogP contribution in [0.1, 0.15) is 11.5 Å². The van der Waals surface area contributed by atoms with Gasteiger partial charge in [-0.1, -0.05) is 23.7 Å². The zero-order chi connectivity index (χ0) is 10.7. The molecule has 0 fully saturated rings. The molecule has 78 valence electrons. The van der Waals surface area contributed by atoms with Crippen molar-refractivity contribution in [2.45, 2.75) is 13.5 Å². The van der Waals surface area contributed by atoms with E-state index in [9.17, 15) is 0 Å². The van der Waals surface area contributed by atoms with Crippen molar-refractivity contribution in [3.63, 3.8) is 0 Å². The van der Waals surface area contributed by atoms with Gasteiger partial charge in [-0.15, -0.1) is 0 Å². The lowest BCUT2D eigenvalue weighted by atomic mass is 10.3. The normalized spacial score (nSPS) is 10.3. The van der Waals surface area contributed by atoms with Gasteiger partial charge in [0.05, 0.1) is 29.1 Å². The Labute approximate surface area is 93.5 Å². The van der Waals surface area contributed by atoms with Crippen LogP contribution < -0.4 is 5.32 Å². The molecule has 1 aromatic heterocycles. The van der Waals surface area contributed by atoms with Crippen LogP contribution in [0.25, 0.3) is 0 Å². The molecular weight excluding hydrogens is 210 g/mol. The second-order valence-corrected chi connectivity index (χ2v) is 3.73. The van der Waals surface area contributed by atoms with E-state index in [1.807, 2.05) is 37.4 Å². The van der Waals surface area contributed by atoms with E-state index in [4.69, 9.17) is 11.6 Å². The van der Waals surface area contributed by atoms with Crippen molar-refractivity contribution in [2.24, 2.45) is 0 Å². The maximum absolute atomic E-state index is 6.01. The Morgan fingerprint density at radius 2 is 2.20 bits per heavy atom. The molecule has 0 atom stereocenters. The van der Waals surface area contributed by atoms with E-state index in [2.05, 4.69) is 15.3 Å². The van der Waals surface area contributed by atoms with E-state index < -0.39 is 0 Å². The van der Waals surface area contributed by atoms with Crippen LogP contribution in [0.2, 0.25) is 5.02 Å². The van der Waals surface area contributed by atoms with Crippen LogP contribution in [0.3, 0.4) is 0 Å². The van der Waals surface area contributed by atoms with Crippen LogP contribution in [-0.4, -0.2) is 9.97 Å². The van der Waals surface area contributed by atoms with Gasteiger partial charge in [-0.25, -0.2) is 4.98 Å². The summed E-state index contributed by atoms with van der Waals surface area (Å²) in [7, 11) is 0. The second-order valence-electron chi connectivity index (χ2n) is 3.33. The fourth-order valence-electron chi connectivity index (χ4n) is 1.36. The lowest BCUT2D eigenvalue weighted by Crippen LogP contribution is -1.99. The molecule has 1 heterocycles. The van der Waals surface area contributed by atoms with Gasteiger partial charge < -0.3 is 10.3 Å². The lowest BCUT2D eigenvalue weighted by Gasteiger charge is -2.06. The summed E-state index contributed by atoms with van der Waals surface area (Å²) in [6, 6.07) is 7.67. The number of aromatic nitrogens is 2. The highest BCUT2D eigenvalue weighted by atomic mass is 35.5. The average Bonchev–Trinajstić information content (AvgIpc) is 2.63. The number of imidazole rings is 1. The number of aryl methyl sites for hydroxylation is 1. The number of rotatable bonds is 3. The highest BCUT2D eigenvalue weighted by Gasteiger charge is 1.99. The molecule has 0 aliphatic carbocycles. The van der Waals surface area contributed by atoms with Gasteiger partial charge in [-0.2, -0.15) is 0 Å². The molecule has 4 heteroatoms. The van der Waals surface area contributed by atoms with Crippen LogP contribution in [-0.2, 0) is 6.54 Å². The summed E-state index contributed by atoms with van der Waals surface area (Å²) in [6.07, 6.45) is 1.82. The Morgan fingerprint density at radius 3 is 2.87 bits per heavy atom. The van der Waals surface area contributed by atoms with E-state index in [1.54, 1.807) is 0 Å². The zero-order valence-corrected chi connectivity index (χ0v) is 9.17. The molecule has 3 nitrogen and oxygen atoms in total. The van der Waals surface area contributed by atoms with Gasteiger partial charge in [0, 0.05) is 0 Å². The Kier molecular flexibility index (Phi) is 2.92. The number of H-pyrrole nitrogens is 1. The molecule has 0 radical (unpaired) electrons. The number of anilines is 1. The molecule has 2 N–H and O–H groups in total. The Morgan fingerprint density at radius 1 is 1.40 bits per heavy atom. The first-order valence-electron chi connectivity index (χ1n) is 4.74. The topological polar surface area (TPSA) is 40.7 Å². The molecule has 0 amide bonds. The largest absolute Gasteiger partial charge is 0.378 e. The average molecular weight is 222 g/mol. The molecule has 2 aromatic rings. The fraction of sp³-hybridized carbons (Fsp3) is 0.182. The summed E-state index contributed by atoms with van der Waals surface area (Å²) in [5.41, 5.74) is 1.99. The number of nitrogens with one attached hydrogen (secondary N) is 2. The molecule has 0 aliphatic heterocycles. The third-order valence-electron chi connectivity index (χ3n) is 2.10. The van der Waals surface area contributed by atoms with Crippen molar-refractivity contribution in [1.29, 1.82) is 0 Å². The van der Waals surface area contributed by atoms with E-state index in [-0.39, 0.29) is 0 Å². The molecule has 0 unspecified atom stereocenters. The van der Waals surface area contributed by atoms with Crippen molar-refractivity contribution < 1.29 is 0 Å². The standard InChI is InChI=1S/C11H12ClN3/c1-8-13-6-9(15-8)7-14-11-5-3-2-4-10(11)12/h2-6,14H,7H2,1H3,(H,13,15).